The average Bonchev–Trinajstić information content (AvgIpc) is 3.18. The predicted molar refractivity (Wildman–Crippen MR) is 94.5 cm³/mol. The molecule has 0 saturated carbocycles. The lowest BCUT2D eigenvalue weighted by Gasteiger charge is -2.09. The number of aliphatic imine (C=N–C) groups is 1. The maximum atomic E-state index is 12.6. The molecule has 144 valence electrons. The van der Waals surface area contributed by atoms with E-state index in [2.05, 4.69) is 20.6 Å². The predicted octanol–water partition coefficient (Wildman–Crippen LogP) is 2.13. The summed E-state index contributed by atoms with van der Waals surface area (Å²) in [6.07, 6.45) is -4.46. The Labute approximate surface area is 156 Å². The Morgan fingerprint density at radius 1 is 1.35 bits per heavy atom. The third kappa shape index (κ3) is 5.93. The van der Waals surface area contributed by atoms with Crippen LogP contribution in [0.1, 0.15) is 22.5 Å². The fraction of sp³-hybridized carbons (Fsp3) is 0.385. The normalized spacial score (nSPS) is 13.0. The van der Waals surface area contributed by atoms with Gasteiger partial charge in [-0.25, -0.2) is 23.5 Å². The van der Waals surface area contributed by atoms with Crippen molar-refractivity contribution in [2.24, 2.45) is 10.1 Å². The zero-order valence-corrected chi connectivity index (χ0v) is 15.9. The van der Waals surface area contributed by atoms with Gasteiger partial charge in [-0.05, 0) is 19.1 Å². The summed E-state index contributed by atoms with van der Waals surface area (Å²) in [7, 11) is -3.75. The highest BCUT2D eigenvalue weighted by molar-refractivity contribution is 7.91. The van der Waals surface area contributed by atoms with E-state index < -0.39 is 21.9 Å². The summed E-state index contributed by atoms with van der Waals surface area (Å²) < 4.78 is 60.2. The molecule has 2 aromatic rings. The SMILES string of the molecule is CCNC(=NCc1ccc(S(N)(=O)=O)s1)NCc1nc(C(F)(F)F)cs1. The number of nitrogens with zero attached hydrogens (tertiary/aromatic N) is 2. The van der Waals surface area contributed by atoms with Crippen molar-refractivity contribution in [2.75, 3.05) is 6.54 Å². The van der Waals surface area contributed by atoms with Gasteiger partial charge in [0.15, 0.2) is 11.7 Å². The molecule has 0 aliphatic heterocycles. The molecule has 4 N–H and O–H groups in total. The highest BCUT2D eigenvalue weighted by Crippen LogP contribution is 2.29. The highest BCUT2D eigenvalue weighted by atomic mass is 32.2. The van der Waals surface area contributed by atoms with Gasteiger partial charge in [0.25, 0.3) is 0 Å². The number of sulfonamides is 1. The maximum Gasteiger partial charge on any atom is 0.434 e. The van der Waals surface area contributed by atoms with E-state index in [-0.39, 0.29) is 22.3 Å². The zero-order chi connectivity index (χ0) is 19.4. The molecule has 0 saturated heterocycles. The standard InChI is InChI=1S/C13H16F3N5O2S3/c1-2-18-12(19-5-8-3-4-11(25-8)26(17,22)23)20-6-10-21-9(7-24-10)13(14,15)16/h3-4,7H,2,5-6H2,1H3,(H2,17,22,23)(H2,18,19,20). The molecule has 0 amide bonds. The molecular weight excluding hydrogens is 411 g/mol. The van der Waals surface area contributed by atoms with Gasteiger partial charge in [-0.3, -0.25) is 0 Å². The molecule has 2 rings (SSSR count). The Morgan fingerprint density at radius 2 is 2.08 bits per heavy atom. The molecular formula is C13H16F3N5O2S3. The van der Waals surface area contributed by atoms with Crippen LogP contribution in [0.4, 0.5) is 13.2 Å². The van der Waals surface area contributed by atoms with Crippen LogP contribution in [0, 0.1) is 0 Å². The first-order chi connectivity index (χ1) is 12.1. The van der Waals surface area contributed by atoms with E-state index in [0.29, 0.717) is 17.4 Å². The molecule has 0 aromatic carbocycles. The molecule has 0 radical (unpaired) electrons. The van der Waals surface area contributed by atoms with Crippen LogP contribution in [0.5, 0.6) is 0 Å². The number of thiophene rings is 1. The number of hydrogen-bond donors (Lipinski definition) is 3. The number of hydrogen-bond acceptors (Lipinski definition) is 6. The lowest BCUT2D eigenvalue weighted by atomic mass is 10.5. The van der Waals surface area contributed by atoms with Gasteiger partial charge < -0.3 is 10.6 Å². The first kappa shape index (κ1) is 20.6. The van der Waals surface area contributed by atoms with Crippen LogP contribution in [-0.2, 0) is 29.3 Å². The number of thiazole rings is 1. The van der Waals surface area contributed by atoms with Gasteiger partial charge in [-0.15, -0.1) is 22.7 Å². The van der Waals surface area contributed by atoms with Crippen molar-refractivity contribution in [1.29, 1.82) is 0 Å². The largest absolute Gasteiger partial charge is 0.434 e. The molecule has 0 fully saturated rings. The quantitative estimate of drug-likeness (QED) is 0.483. The summed E-state index contributed by atoms with van der Waals surface area (Å²) in [5, 5.41) is 12.1. The van der Waals surface area contributed by atoms with Gasteiger partial charge >= 0.3 is 6.18 Å². The van der Waals surface area contributed by atoms with Crippen molar-refractivity contribution in [1.82, 2.24) is 15.6 Å². The third-order valence-electron chi connectivity index (χ3n) is 2.90. The van der Waals surface area contributed by atoms with Crippen molar-refractivity contribution in [3.8, 4) is 0 Å². The monoisotopic (exact) mass is 427 g/mol. The number of guanidine groups is 1. The number of rotatable bonds is 6. The van der Waals surface area contributed by atoms with Gasteiger partial charge in [0.2, 0.25) is 10.0 Å². The van der Waals surface area contributed by atoms with E-state index >= 15 is 0 Å². The minimum absolute atomic E-state index is 0.0446. The summed E-state index contributed by atoms with van der Waals surface area (Å²) in [6, 6.07) is 3.01. The number of halogens is 3. The molecule has 0 spiro atoms. The van der Waals surface area contributed by atoms with Crippen LogP contribution in [0.2, 0.25) is 0 Å². The molecule has 0 aliphatic rings. The lowest BCUT2D eigenvalue weighted by Crippen LogP contribution is -2.36. The van der Waals surface area contributed by atoms with Gasteiger partial charge in [0.1, 0.15) is 9.22 Å². The Morgan fingerprint density at radius 3 is 2.62 bits per heavy atom. The number of alkyl halides is 3. The van der Waals surface area contributed by atoms with E-state index in [1.165, 1.54) is 6.07 Å². The van der Waals surface area contributed by atoms with Crippen LogP contribution < -0.4 is 15.8 Å². The van der Waals surface area contributed by atoms with Gasteiger partial charge in [0, 0.05) is 16.8 Å². The van der Waals surface area contributed by atoms with Crippen molar-refractivity contribution >= 4 is 38.7 Å². The minimum atomic E-state index is -4.46. The third-order valence-corrected chi connectivity index (χ3v) is 6.26. The molecule has 2 aromatic heterocycles. The van der Waals surface area contributed by atoms with Crippen molar-refractivity contribution in [3.63, 3.8) is 0 Å². The number of nitrogens with two attached hydrogens (primary N) is 1. The minimum Gasteiger partial charge on any atom is -0.357 e. The molecule has 26 heavy (non-hydrogen) atoms. The smallest absolute Gasteiger partial charge is 0.357 e. The Hall–Kier alpha value is -1.70. The zero-order valence-electron chi connectivity index (χ0n) is 13.5. The van der Waals surface area contributed by atoms with Crippen LogP contribution >= 0.6 is 22.7 Å². The van der Waals surface area contributed by atoms with Crippen LogP contribution in [0.15, 0.2) is 26.7 Å². The molecule has 7 nitrogen and oxygen atoms in total. The first-order valence-corrected chi connectivity index (χ1v) is 10.5. The van der Waals surface area contributed by atoms with Gasteiger partial charge in [-0.2, -0.15) is 13.2 Å². The van der Waals surface area contributed by atoms with Gasteiger partial charge in [0.05, 0.1) is 13.1 Å². The Balaban J connectivity index is 2.00. The Bertz CT molecular complexity index is 874. The van der Waals surface area contributed by atoms with E-state index in [0.717, 1.165) is 28.1 Å². The topological polar surface area (TPSA) is 109 Å². The molecule has 0 aliphatic carbocycles. The second-order valence-electron chi connectivity index (χ2n) is 4.94. The number of aromatic nitrogens is 1. The molecule has 0 atom stereocenters. The van der Waals surface area contributed by atoms with Crippen molar-refractivity contribution in [3.05, 3.63) is 33.1 Å². The molecule has 13 heteroatoms. The summed E-state index contributed by atoms with van der Waals surface area (Å²) in [6.45, 7) is 2.66. The molecule has 0 bridgehead atoms. The highest BCUT2D eigenvalue weighted by Gasteiger charge is 2.33. The van der Waals surface area contributed by atoms with Crippen LogP contribution in [0.3, 0.4) is 0 Å². The number of primary sulfonamides is 1. The van der Waals surface area contributed by atoms with E-state index in [4.69, 9.17) is 5.14 Å². The first-order valence-electron chi connectivity index (χ1n) is 7.25. The number of nitrogens with one attached hydrogen (secondary N) is 2. The molecule has 2 heterocycles. The Kier molecular flexibility index (Phi) is 6.60. The summed E-state index contributed by atoms with van der Waals surface area (Å²) in [5.41, 5.74) is -0.921. The lowest BCUT2D eigenvalue weighted by molar-refractivity contribution is -0.140. The van der Waals surface area contributed by atoms with E-state index in [9.17, 15) is 21.6 Å². The van der Waals surface area contributed by atoms with Crippen LogP contribution in [0.25, 0.3) is 0 Å². The van der Waals surface area contributed by atoms with Crippen LogP contribution in [-0.4, -0.2) is 25.9 Å². The second-order valence-corrected chi connectivity index (χ2v) is 8.84. The average molecular weight is 427 g/mol. The fourth-order valence-electron chi connectivity index (χ4n) is 1.78. The van der Waals surface area contributed by atoms with E-state index in [1.807, 2.05) is 6.92 Å². The second kappa shape index (κ2) is 8.33. The summed E-state index contributed by atoms with van der Waals surface area (Å²) in [4.78, 5) is 8.49. The summed E-state index contributed by atoms with van der Waals surface area (Å²) in [5.74, 6) is 0.377. The van der Waals surface area contributed by atoms with Crippen molar-refractivity contribution in [2.45, 2.75) is 30.4 Å². The van der Waals surface area contributed by atoms with Crippen molar-refractivity contribution < 1.29 is 21.6 Å². The fourth-order valence-corrected chi connectivity index (χ4v) is 4.22. The molecule has 0 unspecified atom stereocenters. The summed E-state index contributed by atoms with van der Waals surface area (Å²) >= 11 is 1.91. The maximum absolute atomic E-state index is 12.6. The van der Waals surface area contributed by atoms with Gasteiger partial charge in [-0.1, -0.05) is 0 Å². The van der Waals surface area contributed by atoms with E-state index in [1.54, 1.807) is 6.07 Å².